The van der Waals surface area contributed by atoms with E-state index >= 15 is 0 Å². The van der Waals surface area contributed by atoms with Crippen molar-refractivity contribution in [2.24, 2.45) is 0 Å². The van der Waals surface area contributed by atoms with Gasteiger partial charge in [-0.2, -0.15) is 0 Å². The molecule has 0 aromatic heterocycles. The van der Waals surface area contributed by atoms with Gasteiger partial charge in [-0.15, -0.1) is 0 Å². The Balaban J connectivity index is 1.70. The Morgan fingerprint density at radius 1 is 0.825 bits per heavy atom. The second kappa shape index (κ2) is 10.7. The number of aliphatic hydroxyl groups excluding tert-OH is 1. The molecule has 9 heteroatoms. The van der Waals surface area contributed by atoms with Crippen LogP contribution in [-0.2, 0) is 9.59 Å². The zero-order valence-corrected chi connectivity index (χ0v) is 21.6. The van der Waals surface area contributed by atoms with Crippen molar-refractivity contribution in [2.45, 2.75) is 6.04 Å². The van der Waals surface area contributed by atoms with E-state index in [4.69, 9.17) is 9.47 Å². The van der Waals surface area contributed by atoms with E-state index in [0.717, 1.165) is 11.1 Å². The monoisotopic (exact) mass is 536 g/mol. The first-order valence-corrected chi connectivity index (χ1v) is 12.3. The number of hydrogen-bond acceptors (Lipinski definition) is 7. The van der Waals surface area contributed by atoms with Crippen LogP contribution in [0.25, 0.3) is 16.9 Å². The maximum absolute atomic E-state index is 13.6. The van der Waals surface area contributed by atoms with Crippen LogP contribution in [0.1, 0.15) is 17.2 Å². The molecule has 0 radical (unpaired) electrons. The van der Waals surface area contributed by atoms with Gasteiger partial charge in [-0.1, -0.05) is 42.5 Å². The van der Waals surface area contributed by atoms with Crippen molar-refractivity contribution in [3.8, 4) is 22.6 Å². The summed E-state index contributed by atoms with van der Waals surface area (Å²) in [4.78, 5) is 39.1. The molecule has 4 aromatic carbocycles. The first-order chi connectivity index (χ1) is 19.3. The quantitative estimate of drug-likeness (QED) is 0.103. The van der Waals surface area contributed by atoms with Gasteiger partial charge in [0.05, 0.1) is 30.8 Å². The largest absolute Gasteiger partial charge is 0.507 e. The predicted molar refractivity (Wildman–Crippen MR) is 149 cm³/mol. The third kappa shape index (κ3) is 4.64. The van der Waals surface area contributed by atoms with Crippen LogP contribution >= 0.6 is 0 Å². The van der Waals surface area contributed by atoms with E-state index in [1.807, 2.05) is 36.4 Å². The number of nitrogens with zero attached hydrogens (tertiary/aromatic N) is 2. The van der Waals surface area contributed by atoms with E-state index in [0.29, 0.717) is 22.7 Å². The van der Waals surface area contributed by atoms with Gasteiger partial charge in [0.2, 0.25) is 0 Å². The molecule has 1 aliphatic rings. The highest BCUT2D eigenvalue weighted by molar-refractivity contribution is 6.51. The normalized spacial score (nSPS) is 16.1. The van der Waals surface area contributed by atoms with E-state index in [1.165, 1.54) is 49.5 Å². The molecule has 1 aliphatic heterocycles. The first-order valence-electron chi connectivity index (χ1n) is 12.3. The number of nitro groups is 1. The number of methoxy groups -OCH3 is 2. The topological polar surface area (TPSA) is 119 Å². The molecule has 5 rings (SSSR count). The molecule has 1 fully saturated rings. The summed E-state index contributed by atoms with van der Waals surface area (Å²) < 4.78 is 10.6. The van der Waals surface area contributed by atoms with Crippen LogP contribution in [0.3, 0.4) is 0 Å². The van der Waals surface area contributed by atoms with Crippen LogP contribution in [0.4, 0.5) is 11.4 Å². The second-order valence-electron chi connectivity index (χ2n) is 9.00. The Hall–Kier alpha value is -5.44. The summed E-state index contributed by atoms with van der Waals surface area (Å²) in [6, 6.07) is 25.8. The number of aliphatic hydroxyl groups is 1. The highest BCUT2D eigenvalue weighted by Gasteiger charge is 2.47. The molecule has 200 valence electrons. The number of ether oxygens (including phenoxy) is 2. The van der Waals surface area contributed by atoms with Crippen molar-refractivity contribution in [1.82, 2.24) is 0 Å². The molecule has 9 nitrogen and oxygen atoms in total. The lowest BCUT2D eigenvalue weighted by atomic mass is 9.94. The number of nitro benzene ring substituents is 1. The number of hydrogen-bond donors (Lipinski definition) is 1. The zero-order valence-electron chi connectivity index (χ0n) is 21.6. The molecule has 1 heterocycles. The van der Waals surface area contributed by atoms with Crippen molar-refractivity contribution < 1.29 is 29.1 Å². The number of carbonyl (C=O) groups is 2. The van der Waals surface area contributed by atoms with E-state index in [2.05, 4.69) is 0 Å². The molecule has 1 atom stereocenters. The Labute approximate surface area is 229 Å². The van der Waals surface area contributed by atoms with Crippen molar-refractivity contribution >= 4 is 28.8 Å². The molecule has 1 N–H and O–H groups in total. The molecule has 1 amide bonds. The van der Waals surface area contributed by atoms with Crippen molar-refractivity contribution in [1.29, 1.82) is 0 Å². The van der Waals surface area contributed by atoms with E-state index in [9.17, 15) is 24.8 Å². The summed E-state index contributed by atoms with van der Waals surface area (Å²) in [5.74, 6) is -1.40. The Kier molecular flexibility index (Phi) is 7.03. The first kappa shape index (κ1) is 26.2. The number of carbonyl (C=O) groups excluding carboxylic acids is 2. The number of anilines is 1. The highest BCUT2D eigenvalue weighted by atomic mass is 16.6. The van der Waals surface area contributed by atoms with E-state index < -0.39 is 28.4 Å². The molecule has 0 bridgehead atoms. The third-order valence-electron chi connectivity index (χ3n) is 6.75. The summed E-state index contributed by atoms with van der Waals surface area (Å²) in [6.45, 7) is 0. The van der Waals surface area contributed by atoms with Crippen molar-refractivity contribution in [2.75, 3.05) is 19.1 Å². The van der Waals surface area contributed by atoms with E-state index in [1.54, 1.807) is 30.3 Å². The van der Waals surface area contributed by atoms with Crippen LogP contribution in [0.15, 0.2) is 103 Å². The lowest BCUT2D eigenvalue weighted by Crippen LogP contribution is -2.29. The molecule has 0 saturated carbocycles. The number of ketones is 1. The average Bonchev–Trinajstić information content (AvgIpc) is 3.26. The van der Waals surface area contributed by atoms with Crippen LogP contribution in [0.5, 0.6) is 11.5 Å². The minimum atomic E-state index is -1.06. The summed E-state index contributed by atoms with van der Waals surface area (Å²) >= 11 is 0. The van der Waals surface area contributed by atoms with Gasteiger partial charge < -0.3 is 14.6 Å². The highest BCUT2D eigenvalue weighted by Crippen LogP contribution is 2.44. The maximum Gasteiger partial charge on any atom is 0.300 e. The van der Waals surface area contributed by atoms with Gasteiger partial charge in [-0.25, -0.2) is 0 Å². The number of amides is 1. The number of benzene rings is 4. The Bertz CT molecular complexity index is 1650. The molecule has 1 saturated heterocycles. The Morgan fingerprint density at radius 3 is 2.15 bits per heavy atom. The molecule has 40 heavy (non-hydrogen) atoms. The predicted octanol–water partition coefficient (Wildman–Crippen LogP) is 5.91. The van der Waals surface area contributed by atoms with Gasteiger partial charge in [0, 0.05) is 23.4 Å². The second-order valence-corrected chi connectivity index (χ2v) is 9.00. The van der Waals surface area contributed by atoms with Gasteiger partial charge in [0.25, 0.3) is 17.4 Å². The summed E-state index contributed by atoms with van der Waals surface area (Å²) in [5.41, 5.74) is 2.51. The van der Waals surface area contributed by atoms with Crippen LogP contribution < -0.4 is 14.4 Å². The van der Waals surface area contributed by atoms with Crippen molar-refractivity contribution in [3.05, 3.63) is 124 Å². The third-order valence-corrected chi connectivity index (χ3v) is 6.75. The van der Waals surface area contributed by atoms with Crippen LogP contribution in [-0.4, -0.2) is 35.9 Å². The minimum Gasteiger partial charge on any atom is -0.507 e. The van der Waals surface area contributed by atoms with Gasteiger partial charge in [0.1, 0.15) is 5.76 Å². The molecule has 0 spiro atoms. The standard InChI is InChI=1S/C31H24N2O7/c1-39-25-16-13-22(18-26(25)40-2)29(34)27-28(20-11-14-23(15-12-20)33(37)38)32(31(36)30(27)35)24-10-6-9-21(17-24)19-7-4-3-5-8-19/h3-18,28,34H,1-2H3/b29-27-. The van der Waals surface area contributed by atoms with Crippen molar-refractivity contribution in [3.63, 3.8) is 0 Å². The minimum absolute atomic E-state index is 0.147. The molecular weight excluding hydrogens is 512 g/mol. The molecule has 0 aliphatic carbocycles. The lowest BCUT2D eigenvalue weighted by molar-refractivity contribution is -0.384. The fourth-order valence-electron chi connectivity index (χ4n) is 4.80. The average molecular weight is 537 g/mol. The smallest absolute Gasteiger partial charge is 0.300 e. The number of rotatable bonds is 7. The summed E-state index contributed by atoms with van der Waals surface area (Å²) in [6.07, 6.45) is 0. The maximum atomic E-state index is 13.6. The summed E-state index contributed by atoms with van der Waals surface area (Å²) in [5, 5.41) is 22.7. The van der Waals surface area contributed by atoms with Gasteiger partial charge in [-0.3, -0.25) is 24.6 Å². The van der Waals surface area contributed by atoms with E-state index in [-0.39, 0.29) is 16.8 Å². The van der Waals surface area contributed by atoms with Gasteiger partial charge in [0.15, 0.2) is 11.5 Å². The summed E-state index contributed by atoms with van der Waals surface area (Å²) in [7, 11) is 2.91. The fraction of sp³-hybridized carbons (Fsp3) is 0.0968. The molecule has 1 unspecified atom stereocenters. The number of non-ortho nitro benzene ring substituents is 1. The molecule has 4 aromatic rings. The number of Topliss-reactive ketones (excluding diaryl/α,β-unsaturated/α-hetero) is 1. The SMILES string of the molecule is COc1ccc(/C(O)=C2/C(=O)C(=O)N(c3cccc(-c4ccccc4)c3)C2c2ccc([N+](=O)[O-])cc2)cc1OC. The van der Waals surface area contributed by atoms with Gasteiger partial charge >= 0.3 is 0 Å². The van der Waals surface area contributed by atoms with Crippen LogP contribution in [0, 0.1) is 10.1 Å². The molecular formula is C31H24N2O7. The van der Waals surface area contributed by atoms with Crippen LogP contribution in [0.2, 0.25) is 0 Å². The zero-order chi connectivity index (χ0) is 28.4. The van der Waals surface area contributed by atoms with Gasteiger partial charge in [-0.05, 0) is 59.2 Å². The Morgan fingerprint density at radius 2 is 1.50 bits per heavy atom. The fourth-order valence-corrected chi connectivity index (χ4v) is 4.80. The lowest BCUT2D eigenvalue weighted by Gasteiger charge is -2.26.